The van der Waals surface area contributed by atoms with E-state index in [4.69, 9.17) is 4.74 Å². The van der Waals surface area contributed by atoms with Crippen LogP contribution < -0.4 is 5.32 Å². The number of aromatic nitrogens is 2. The monoisotopic (exact) mass is 266 g/mol. The van der Waals surface area contributed by atoms with Crippen LogP contribution in [-0.2, 0) is 11.8 Å². The van der Waals surface area contributed by atoms with E-state index in [2.05, 4.69) is 33.6 Å². The van der Waals surface area contributed by atoms with Crippen LogP contribution in [0.15, 0.2) is 12.4 Å². The van der Waals surface area contributed by atoms with E-state index in [1.54, 1.807) is 0 Å². The Morgan fingerprint density at radius 3 is 3.00 bits per heavy atom. The van der Waals surface area contributed by atoms with E-state index in [1.165, 1.54) is 6.42 Å². The number of nitrogens with zero attached hydrogens (tertiary/aromatic N) is 3. The van der Waals surface area contributed by atoms with Crippen molar-refractivity contribution in [1.82, 2.24) is 19.8 Å². The van der Waals surface area contributed by atoms with Crippen molar-refractivity contribution in [2.24, 2.45) is 7.05 Å². The van der Waals surface area contributed by atoms with Gasteiger partial charge in [-0.1, -0.05) is 13.8 Å². The van der Waals surface area contributed by atoms with E-state index in [-0.39, 0.29) is 12.1 Å². The Kier molecular flexibility index (Phi) is 5.36. The van der Waals surface area contributed by atoms with Crippen molar-refractivity contribution >= 4 is 0 Å². The number of hydrogen-bond donors (Lipinski definition) is 1. The number of ether oxygens (including phenoxy) is 1. The van der Waals surface area contributed by atoms with Gasteiger partial charge >= 0.3 is 0 Å². The largest absolute Gasteiger partial charge is 0.373 e. The maximum absolute atomic E-state index is 5.99. The van der Waals surface area contributed by atoms with Gasteiger partial charge in [0.1, 0.15) is 5.82 Å². The molecule has 1 aromatic heterocycles. The van der Waals surface area contributed by atoms with Crippen LogP contribution in [0.3, 0.4) is 0 Å². The van der Waals surface area contributed by atoms with Crippen LogP contribution in [0.1, 0.15) is 32.1 Å². The van der Waals surface area contributed by atoms with Crippen molar-refractivity contribution in [1.29, 1.82) is 0 Å². The molecule has 5 nitrogen and oxygen atoms in total. The molecule has 1 fully saturated rings. The zero-order valence-electron chi connectivity index (χ0n) is 12.3. The molecule has 2 atom stereocenters. The topological polar surface area (TPSA) is 42.3 Å². The van der Waals surface area contributed by atoms with Gasteiger partial charge in [0.15, 0.2) is 0 Å². The standard InChI is InChI=1S/C14H26N4O/c1-4-7-18-9-10-19-12(11-18)13(15-5-2)14-16-6-8-17(14)3/h6,8,12-13,15H,4-5,7,9-11H2,1-3H3. The number of imidazole rings is 1. The summed E-state index contributed by atoms with van der Waals surface area (Å²) in [6.07, 6.45) is 5.22. The second kappa shape index (κ2) is 7.03. The molecule has 0 aromatic carbocycles. The molecule has 0 spiro atoms. The van der Waals surface area contributed by atoms with Crippen LogP contribution in [0.5, 0.6) is 0 Å². The lowest BCUT2D eigenvalue weighted by molar-refractivity contribution is -0.0485. The molecule has 108 valence electrons. The smallest absolute Gasteiger partial charge is 0.128 e. The molecule has 2 unspecified atom stereocenters. The maximum atomic E-state index is 5.99. The van der Waals surface area contributed by atoms with Crippen molar-refractivity contribution in [2.45, 2.75) is 32.4 Å². The second-order valence-electron chi connectivity index (χ2n) is 5.14. The first-order chi connectivity index (χ1) is 9.26. The molecule has 1 saturated heterocycles. The lowest BCUT2D eigenvalue weighted by atomic mass is 10.1. The molecule has 19 heavy (non-hydrogen) atoms. The highest BCUT2D eigenvalue weighted by Crippen LogP contribution is 2.21. The lowest BCUT2D eigenvalue weighted by Crippen LogP contribution is -2.48. The first-order valence-electron chi connectivity index (χ1n) is 7.30. The van der Waals surface area contributed by atoms with Gasteiger partial charge in [-0.3, -0.25) is 4.90 Å². The van der Waals surface area contributed by atoms with Gasteiger partial charge in [0.25, 0.3) is 0 Å². The van der Waals surface area contributed by atoms with Crippen LogP contribution in [0, 0.1) is 0 Å². The Morgan fingerprint density at radius 1 is 1.53 bits per heavy atom. The Morgan fingerprint density at radius 2 is 2.37 bits per heavy atom. The molecule has 1 aliphatic rings. The summed E-state index contributed by atoms with van der Waals surface area (Å²) in [7, 11) is 2.04. The Balaban J connectivity index is 2.08. The van der Waals surface area contributed by atoms with Crippen LogP contribution in [-0.4, -0.2) is 53.3 Å². The summed E-state index contributed by atoms with van der Waals surface area (Å²) in [5.41, 5.74) is 0. The lowest BCUT2D eigenvalue weighted by Gasteiger charge is -2.36. The van der Waals surface area contributed by atoms with Gasteiger partial charge in [-0.15, -0.1) is 0 Å². The number of likely N-dealkylation sites (N-methyl/N-ethyl adjacent to an activating group) is 1. The van der Waals surface area contributed by atoms with E-state index in [0.717, 1.165) is 38.6 Å². The molecular formula is C14H26N4O. The minimum atomic E-state index is 0.171. The zero-order valence-corrected chi connectivity index (χ0v) is 12.3. The maximum Gasteiger partial charge on any atom is 0.128 e. The van der Waals surface area contributed by atoms with Crippen molar-refractivity contribution in [2.75, 3.05) is 32.8 Å². The van der Waals surface area contributed by atoms with E-state index < -0.39 is 0 Å². The molecule has 1 N–H and O–H groups in total. The fraction of sp³-hybridized carbons (Fsp3) is 0.786. The van der Waals surface area contributed by atoms with Gasteiger partial charge in [0.2, 0.25) is 0 Å². The summed E-state index contributed by atoms with van der Waals surface area (Å²) in [6.45, 7) is 9.27. The normalized spacial score (nSPS) is 22.6. The van der Waals surface area contributed by atoms with Gasteiger partial charge in [0.05, 0.1) is 18.8 Å². The molecule has 2 rings (SSSR count). The summed E-state index contributed by atoms with van der Waals surface area (Å²) in [6, 6.07) is 0.171. The predicted molar refractivity (Wildman–Crippen MR) is 76.1 cm³/mol. The van der Waals surface area contributed by atoms with Crippen LogP contribution in [0.25, 0.3) is 0 Å². The van der Waals surface area contributed by atoms with Gasteiger partial charge in [0, 0.05) is 32.5 Å². The summed E-state index contributed by atoms with van der Waals surface area (Å²) in [4.78, 5) is 6.97. The fourth-order valence-electron chi connectivity index (χ4n) is 2.74. The Bertz CT molecular complexity index is 377. The molecule has 5 heteroatoms. The van der Waals surface area contributed by atoms with E-state index in [0.29, 0.717) is 0 Å². The van der Waals surface area contributed by atoms with Crippen LogP contribution in [0.4, 0.5) is 0 Å². The van der Waals surface area contributed by atoms with E-state index in [1.807, 2.05) is 19.4 Å². The molecule has 0 saturated carbocycles. The Hall–Kier alpha value is -0.910. The summed E-state index contributed by atoms with van der Waals surface area (Å²) < 4.78 is 8.07. The molecule has 1 aromatic rings. The molecule has 0 radical (unpaired) electrons. The number of hydrogen-bond acceptors (Lipinski definition) is 4. The highest BCUT2D eigenvalue weighted by molar-refractivity contribution is 5.03. The van der Waals surface area contributed by atoms with Crippen molar-refractivity contribution in [3.63, 3.8) is 0 Å². The fourth-order valence-corrected chi connectivity index (χ4v) is 2.74. The first-order valence-corrected chi connectivity index (χ1v) is 7.30. The second-order valence-corrected chi connectivity index (χ2v) is 5.14. The summed E-state index contributed by atoms with van der Waals surface area (Å²) in [5.74, 6) is 1.06. The number of aryl methyl sites for hydroxylation is 1. The van der Waals surface area contributed by atoms with Gasteiger partial charge in [-0.25, -0.2) is 4.98 Å². The molecule has 1 aliphatic heterocycles. The average Bonchev–Trinajstić information content (AvgIpc) is 2.83. The third-order valence-corrected chi connectivity index (χ3v) is 3.65. The van der Waals surface area contributed by atoms with Gasteiger partial charge in [-0.05, 0) is 19.5 Å². The van der Waals surface area contributed by atoms with Crippen molar-refractivity contribution < 1.29 is 4.74 Å². The zero-order chi connectivity index (χ0) is 13.7. The van der Waals surface area contributed by atoms with Crippen LogP contribution in [0.2, 0.25) is 0 Å². The molecule has 0 amide bonds. The molecule has 2 heterocycles. The predicted octanol–water partition coefficient (Wildman–Crippen LogP) is 1.18. The van der Waals surface area contributed by atoms with Crippen molar-refractivity contribution in [3.05, 3.63) is 18.2 Å². The third-order valence-electron chi connectivity index (χ3n) is 3.65. The molecular weight excluding hydrogens is 240 g/mol. The van der Waals surface area contributed by atoms with Gasteiger partial charge < -0.3 is 14.6 Å². The van der Waals surface area contributed by atoms with Crippen LogP contribution >= 0.6 is 0 Å². The quantitative estimate of drug-likeness (QED) is 0.839. The SMILES string of the molecule is CCCN1CCOC(C(NCC)c2nccn2C)C1. The minimum absolute atomic E-state index is 0.171. The Labute approximate surface area is 116 Å². The number of nitrogens with one attached hydrogen (secondary N) is 1. The van der Waals surface area contributed by atoms with E-state index >= 15 is 0 Å². The van der Waals surface area contributed by atoms with E-state index in [9.17, 15) is 0 Å². The number of rotatable bonds is 6. The summed E-state index contributed by atoms with van der Waals surface area (Å²) >= 11 is 0. The third kappa shape index (κ3) is 3.55. The first kappa shape index (κ1) is 14.5. The summed E-state index contributed by atoms with van der Waals surface area (Å²) in [5, 5.41) is 3.52. The number of morpholine rings is 1. The molecule has 0 bridgehead atoms. The molecule has 0 aliphatic carbocycles. The minimum Gasteiger partial charge on any atom is -0.373 e. The average molecular weight is 266 g/mol. The van der Waals surface area contributed by atoms with Gasteiger partial charge in [-0.2, -0.15) is 0 Å². The highest BCUT2D eigenvalue weighted by atomic mass is 16.5. The highest BCUT2D eigenvalue weighted by Gasteiger charge is 2.30. The van der Waals surface area contributed by atoms with Crippen molar-refractivity contribution in [3.8, 4) is 0 Å².